The molecule has 9 heteroatoms. The fraction of sp³-hybridized carbons (Fsp3) is 0.391. The van der Waals surface area contributed by atoms with E-state index < -0.39 is 27.4 Å². The van der Waals surface area contributed by atoms with Crippen LogP contribution in [0.3, 0.4) is 0 Å². The van der Waals surface area contributed by atoms with Crippen LogP contribution in [0, 0.1) is 5.82 Å². The molecule has 172 valence electrons. The Balaban J connectivity index is 1.99. The molecule has 0 bridgehead atoms. The number of aryl methyl sites for hydroxylation is 1. The summed E-state index contributed by atoms with van der Waals surface area (Å²) in [6, 6.07) is 13.0. The summed E-state index contributed by atoms with van der Waals surface area (Å²) in [5.74, 6) is -1.50. The van der Waals surface area contributed by atoms with Gasteiger partial charge in [-0.1, -0.05) is 37.3 Å². The molecule has 7 nitrogen and oxygen atoms in total. The van der Waals surface area contributed by atoms with Gasteiger partial charge in [-0.2, -0.15) is 4.31 Å². The van der Waals surface area contributed by atoms with E-state index in [1.54, 1.807) is 31.2 Å². The van der Waals surface area contributed by atoms with Crippen molar-refractivity contribution in [2.45, 2.75) is 39.3 Å². The maximum Gasteiger partial charge on any atom is 0.247 e. The van der Waals surface area contributed by atoms with E-state index in [9.17, 15) is 22.4 Å². The third kappa shape index (κ3) is 4.68. The Morgan fingerprint density at radius 1 is 1.12 bits per heavy atom. The number of anilines is 1. The van der Waals surface area contributed by atoms with Crippen molar-refractivity contribution in [1.82, 2.24) is 9.62 Å². The molecule has 1 heterocycles. The van der Waals surface area contributed by atoms with Crippen LogP contribution >= 0.6 is 0 Å². The summed E-state index contributed by atoms with van der Waals surface area (Å²) in [5, 5.41) is 2.80. The molecule has 2 aromatic carbocycles. The van der Waals surface area contributed by atoms with Gasteiger partial charge >= 0.3 is 0 Å². The molecule has 1 fully saturated rings. The van der Waals surface area contributed by atoms with Crippen molar-refractivity contribution < 1.29 is 22.4 Å². The monoisotopic (exact) mass is 461 g/mol. The second kappa shape index (κ2) is 9.38. The predicted octanol–water partition coefficient (Wildman–Crippen LogP) is 2.46. The van der Waals surface area contributed by atoms with Crippen molar-refractivity contribution in [2.24, 2.45) is 0 Å². The number of amides is 2. The van der Waals surface area contributed by atoms with E-state index in [-0.39, 0.29) is 31.2 Å². The van der Waals surface area contributed by atoms with Gasteiger partial charge in [-0.15, -0.1) is 0 Å². The van der Waals surface area contributed by atoms with E-state index in [0.717, 1.165) is 9.87 Å². The van der Waals surface area contributed by atoms with Crippen LogP contribution in [0.15, 0.2) is 48.5 Å². The number of hydrogen-bond acceptors (Lipinski definition) is 4. The zero-order chi connectivity index (χ0) is 23.5. The number of benzene rings is 2. The Labute approximate surface area is 188 Å². The summed E-state index contributed by atoms with van der Waals surface area (Å²) >= 11 is 0. The molecular formula is C23H28FN3O4S. The number of halogens is 1. The number of sulfonamides is 1. The van der Waals surface area contributed by atoms with E-state index in [4.69, 9.17) is 0 Å². The summed E-state index contributed by atoms with van der Waals surface area (Å²) < 4.78 is 39.4. The number of rotatable bonds is 7. The van der Waals surface area contributed by atoms with Crippen molar-refractivity contribution in [1.29, 1.82) is 0 Å². The van der Waals surface area contributed by atoms with Gasteiger partial charge in [-0.05, 0) is 49.6 Å². The van der Waals surface area contributed by atoms with Gasteiger partial charge in [0.05, 0.1) is 12.3 Å². The molecule has 2 amide bonds. The maximum atomic E-state index is 13.4. The molecule has 32 heavy (non-hydrogen) atoms. The zero-order valence-corrected chi connectivity index (χ0v) is 19.3. The molecule has 1 saturated heterocycles. The van der Waals surface area contributed by atoms with E-state index in [1.807, 2.05) is 19.1 Å². The molecule has 0 aliphatic carbocycles. The second-order valence-corrected chi connectivity index (χ2v) is 10.2. The molecule has 3 rings (SSSR count). The van der Waals surface area contributed by atoms with Crippen LogP contribution in [0.2, 0.25) is 0 Å². The van der Waals surface area contributed by atoms with Gasteiger partial charge in [-0.25, -0.2) is 12.8 Å². The average molecular weight is 462 g/mol. The van der Waals surface area contributed by atoms with Crippen LogP contribution < -0.4 is 10.2 Å². The van der Waals surface area contributed by atoms with Gasteiger partial charge in [0.15, 0.2) is 0 Å². The number of nitrogens with zero attached hydrogens (tertiary/aromatic N) is 2. The van der Waals surface area contributed by atoms with Crippen LogP contribution in [0.1, 0.15) is 31.9 Å². The summed E-state index contributed by atoms with van der Waals surface area (Å²) in [5.41, 5.74) is 0.685. The molecule has 1 aliphatic rings. The normalized spacial score (nSPS) is 19.8. The minimum atomic E-state index is -3.69. The molecule has 1 atom stereocenters. The lowest BCUT2D eigenvalue weighted by molar-refractivity contribution is -0.133. The predicted molar refractivity (Wildman–Crippen MR) is 121 cm³/mol. The highest BCUT2D eigenvalue weighted by atomic mass is 32.2. The quantitative estimate of drug-likeness (QED) is 0.686. The average Bonchev–Trinajstić information content (AvgIpc) is 2.78. The summed E-state index contributed by atoms with van der Waals surface area (Å²) in [6.45, 7) is 4.66. The van der Waals surface area contributed by atoms with E-state index >= 15 is 0 Å². The van der Waals surface area contributed by atoms with E-state index in [1.165, 1.54) is 24.0 Å². The fourth-order valence-corrected chi connectivity index (χ4v) is 5.04. The summed E-state index contributed by atoms with van der Waals surface area (Å²) in [6.07, 6.45) is 0.643. The van der Waals surface area contributed by atoms with Crippen molar-refractivity contribution in [3.63, 3.8) is 0 Å². The van der Waals surface area contributed by atoms with Crippen LogP contribution in [0.25, 0.3) is 0 Å². The van der Waals surface area contributed by atoms with Crippen LogP contribution in [-0.2, 0) is 32.6 Å². The number of hydrogen-bond donors (Lipinski definition) is 1. The lowest BCUT2D eigenvalue weighted by Crippen LogP contribution is -2.70. The maximum absolute atomic E-state index is 13.4. The minimum absolute atomic E-state index is 0.118. The summed E-state index contributed by atoms with van der Waals surface area (Å²) in [4.78, 5) is 28.1. The number of para-hydroxylation sites is 1. The Morgan fingerprint density at radius 2 is 1.78 bits per heavy atom. The Bertz CT molecular complexity index is 1100. The molecule has 2 aromatic rings. The number of carbonyl (C=O) groups is 2. The standard InChI is InChI=1S/C23H28FN3O4S/c1-4-18-8-6-7-9-20(18)27-21(28)15-26(32(30,31)5-2)16-23(27,3)22(29)25-14-17-10-12-19(24)13-11-17/h6-13H,4-5,14-16H2,1-3H3,(H,25,29)/t23-/m0/s1. The molecule has 0 unspecified atom stereocenters. The van der Waals surface area contributed by atoms with Crippen molar-refractivity contribution in [3.8, 4) is 0 Å². The number of piperazine rings is 1. The first-order valence-corrected chi connectivity index (χ1v) is 12.1. The first-order valence-electron chi connectivity index (χ1n) is 10.5. The van der Waals surface area contributed by atoms with Gasteiger partial charge in [0.25, 0.3) is 0 Å². The van der Waals surface area contributed by atoms with Gasteiger partial charge in [-0.3, -0.25) is 14.5 Å². The van der Waals surface area contributed by atoms with Crippen LogP contribution in [0.5, 0.6) is 0 Å². The van der Waals surface area contributed by atoms with E-state index in [2.05, 4.69) is 5.32 Å². The largest absolute Gasteiger partial charge is 0.350 e. The molecular weight excluding hydrogens is 433 g/mol. The first kappa shape index (κ1) is 23.9. The highest BCUT2D eigenvalue weighted by molar-refractivity contribution is 7.89. The Morgan fingerprint density at radius 3 is 2.41 bits per heavy atom. The van der Waals surface area contributed by atoms with Crippen LogP contribution in [0.4, 0.5) is 10.1 Å². The number of nitrogens with one attached hydrogen (secondary N) is 1. The molecule has 0 spiro atoms. The Kier molecular flexibility index (Phi) is 7.00. The lowest BCUT2D eigenvalue weighted by atomic mass is 9.93. The van der Waals surface area contributed by atoms with Gasteiger partial charge in [0.2, 0.25) is 21.8 Å². The number of carbonyl (C=O) groups excluding carboxylic acids is 2. The zero-order valence-electron chi connectivity index (χ0n) is 18.5. The molecule has 0 aromatic heterocycles. The highest BCUT2D eigenvalue weighted by Crippen LogP contribution is 2.33. The van der Waals surface area contributed by atoms with Gasteiger partial charge in [0.1, 0.15) is 11.4 Å². The SMILES string of the molecule is CCc1ccccc1N1C(=O)CN(S(=O)(=O)CC)C[C@@]1(C)C(=O)NCc1ccc(F)cc1. The van der Waals surface area contributed by atoms with Crippen molar-refractivity contribution in [3.05, 3.63) is 65.5 Å². The minimum Gasteiger partial charge on any atom is -0.350 e. The molecule has 0 saturated carbocycles. The third-order valence-electron chi connectivity index (χ3n) is 5.77. The van der Waals surface area contributed by atoms with E-state index in [0.29, 0.717) is 17.7 Å². The summed E-state index contributed by atoms with van der Waals surface area (Å²) in [7, 11) is -3.69. The van der Waals surface area contributed by atoms with Crippen LogP contribution in [-0.4, -0.2) is 48.9 Å². The van der Waals surface area contributed by atoms with Crippen molar-refractivity contribution in [2.75, 3.05) is 23.7 Å². The lowest BCUT2D eigenvalue weighted by Gasteiger charge is -2.47. The molecule has 0 radical (unpaired) electrons. The fourth-order valence-electron chi connectivity index (χ4n) is 3.92. The molecule has 1 aliphatic heterocycles. The molecule has 1 N–H and O–H groups in total. The highest BCUT2D eigenvalue weighted by Gasteiger charge is 2.50. The topological polar surface area (TPSA) is 86.8 Å². The van der Waals surface area contributed by atoms with Gasteiger partial charge in [0, 0.05) is 18.8 Å². The second-order valence-electron chi connectivity index (χ2n) is 7.96. The first-order chi connectivity index (χ1) is 15.1. The Hall–Kier alpha value is -2.78. The smallest absolute Gasteiger partial charge is 0.247 e. The van der Waals surface area contributed by atoms with Crippen molar-refractivity contribution >= 4 is 27.5 Å². The van der Waals surface area contributed by atoms with Gasteiger partial charge < -0.3 is 5.32 Å². The third-order valence-corrected chi connectivity index (χ3v) is 7.54.